The van der Waals surface area contributed by atoms with Crippen molar-refractivity contribution in [1.82, 2.24) is 0 Å². The van der Waals surface area contributed by atoms with Crippen LogP contribution in [-0.4, -0.2) is 40.4 Å². The van der Waals surface area contributed by atoms with Crippen LogP contribution in [0.25, 0.3) is 0 Å². The van der Waals surface area contributed by atoms with Crippen LogP contribution in [0.3, 0.4) is 0 Å². The van der Waals surface area contributed by atoms with Crippen molar-refractivity contribution in [3.8, 4) is 23.0 Å². The molecule has 0 N–H and O–H groups in total. The van der Waals surface area contributed by atoms with Crippen LogP contribution in [0.15, 0.2) is 36.4 Å². The van der Waals surface area contributed by atoms with Crippen LogP contribution in [0.2, 0.25) is 0 Å². The largest absolute Gasteiger partial charge is 0.497 e. The Labute approximate surface area is 185 Å². The summed E-state index contributed by atoms with van der Waals surface area (Å²) in [5, 5.41) is 0. The van der Waals surface area contributed by atoms with Crippen LogP contribution in [0.5, 0.6) is 23.0 Å². The summed E-state index contributed by atoms with van der Waals surface area (Å²) in [6, 6.07) is 9.15. The first-order chi connectivity index (χ1) is 15.5. The van der Waals surface area contributed by atoms with Crippen molar-refractivity contribution in [2.75, 3.05) is 28.4 Å². The maximum atomic E-state index is 12.4. The molecule has 0 saturated heterocycles. The number of carbonyl (C=O) groups is 2. The lowest BCUT2D eigenvalue weighted by molar-refractivity contribution is -0.363. The topological polar surface area (TPSA) is 108 Å². The summed E-state index contributed by atoms with van der Waals surface area (Å²) in [4.78, 5) is 44.3. The molecule has 0 aromatic heterocycles. The van der Waals surface area contributed by atoms with Gasteiger partial charge in [0.05, 0.1) is 28.4 Å². The fourth-order valence-electron chi connectivity index (χ4n) is 2.45. The predicted octanol–water partition coefficient (Wildman–Crippen LogP) is 3.70. The molecule has 0 atom stereocenters. The molecule has 0 saturated carbocycles. The lowest BCUT2D eigenvalue weighted by Gasteiger charge is -2.14. The average Bonchev–Trinajstić information content (AvgIpc) is 2.84. The summed E-state index contributed by atoms with van der Waals surface area (Å²) in [6.07, 6.45) is 0.0749. The van der Waals surface area contributed by atoms with Gasteiger partial charge in [-0.15, -0.1) is 9.78 Å². The molecule has 172 valence electrons. The van der Waals surface area contributed by atoms with Gasteiger partial charge in [0, 0.05) is 6.42 Å². The molecule has 2 radical (unpaired) electrons. The molecule has 2 rings (SSSR count). The molecule has 0 aliphatic carbocycles. The number of benzene rings is 2. The van der Waals surface area contributed by atoms with Crippen LogP contribution in [0, 0.1) is 13.2 Å². The number of rotatable bonds is 12. The lowest BCUT2D eigenvalue weighted by atomic mass is 10.2. The zero-order valence-electron chi connectivity index (χ0n) is 18.2. The Morgan fingerprint density at radius 2 is 1.12 bits per heavy atom. The van der Waals surface area contributed by atoms with E-state index in [1.165, 1.54) is 52.7 Å². The highest BCUT2D eigenvalue weighted by Crippen LogP contribution is 2.27. The zero-order valence-corrected chi connectivity index (χ0v) is 18.2. The number of hydrogen-bond acceptors (Lipinski definition) is 10. The van der Waals surface area contributed by atoms with E-state index in [4.69, 9.17) is 38.5 Å². The number of hydrogen-bond donors (Lipinski definition) is 0. The minimum atomic E-state index is -0.883. The first-order valence-corrected chi connectivity index (χ1v) is 9.34. The summed E-state index contributed by atoms with van der Waals surface area (Å²) in [6.45, 7) is 3.66. The van der Waals surface area contributed by atoms with Gasteiger partial charge in [0.25, 0.3) is 0 Å². The van der Waals surface area contributed by atoms with Crippen LogP contribution in [0.1, 0.15) is 33.6 Å². The second-order valence-corrected chi connectivity index (χ2v) is 6.02. The normalized spacial score (nSPS) is 10.4. The van der Waals surface area contributed by atoms with Crippen molar-refractivity contribution in [2.45, 2.75) is 12.8 Å². The average molecular weight is 448 g/mol. The van der Waals surface area contributed by atoms with Gasteiger partial charge in [0.15, 0.2) is 0 Å². The fourth-order valence-corrected chi connectivity index (χ4v) is 2.45. The third-order valence-corrected chi connectivity index (χ3v) is 4.05. The molecular formula is C22H24O10. The summed E-state index contributed by atoms with van der Waals surface area (Å²) in [5.41, 5.74) is 0.109. The molecule has 0 amide bonds. The molecule has 2 aromatic rings. The molecular weight excluding hydrogens is 424 g/mol. The van der Waals surface area contributed by atoms with Gasteiger partial charge in [-0.05, 0) is 42.8 Å². The van der Waals surface area contributed by atoms with Gasteiger partial charge in [-0.3, -0.25) is 9.78 Å². The first kappa shape index (κ1) is 24.8. The van der Waals surface area contributed by atoms with Crippen molar-refractivity contribution in [1.29, 1.82) is 0 Å². The number of ether oxygens (including phenoxy) is 4. The van der Waals surface area contributed by atoms with E-state index in [9.17, 15) is 9.59 Å². The van der Waals surface area contributed by atoms with Crippen molar-refractivity contribution >= 4 is 11.9 Å². The number of carbonyl (C=O) groups excluding carboxylic acids is 2. The van der Waals surface area contributed by atoms with E-state index in [-0.39, 0.29) is 35.3 Å². The van der Waals surface area contributed by atoms with E-state index in [2.05, 4.69) is 6.92 Å². The summed E-state index contributed by atoms with van der Waals surface area (Å²) in [5.74, 6) is -0.446. The molecule has 0 aliphatic rings. The molecule has 10 heteroatoms. The Hall–Kier alpha value is -3.50. The third-order valence-electron chi connectivity index (χ3n) is 4.05. The van der Waals surface area contributed by atoms with Crippen LogP contribution < -0.4 is 18.9 Å². The Morgan fingerprint density at radius 3 is 1.47 bits per heavy atom. The van der Waals surface area contributed by atoms with E-state index in [0.29, 0.717) is 17.9 Å². The first-order valence-electron chi connectivity index (χ1n) is 9.34. The Kier molecular flexibility index (Phi) is 9.58. The number of methoxy groups -OCH3 is 4. The Morgan fingerprint density at radius 1 is 0.688 bits per heavy atom. The summed E-state index contributed by atoms with van der Waals surface area (Å²) >= 11 is 0. The summed E-state index contributed by atoms with van der Waals surface area (Å²) in [7, 11) is 5.70. The minimum Gasteiger partial charge on any atom is -0.497 e. The molecule has 0 unspecified atom stereocenters. The zero-order chi connectivity index (χ0) is 23.5. The van der Waals surface area contributed by atoms with E-state index >= 15 is 0 Å². The molecule has 0 spiro atoms. The molecule has 2 aromatic carbocycles. The van der Waals surface area contributed by atoms with E-state index in [1.54, 1.807) is 12.1 Å². The van der Waals surface area contributed by atoms with Gasteiger partial charge < -0.3 is 18.9 Å². The van der Waals surface area contributed by atoms with Crippen molar-refractivity contribution in [3.63, 3.8) is 0 Å². The van der Waals surface area contributed by atoms with E-state index < -0.39 is 11.9 Å². The molecule has 0 bridgehead atoms. The highest BCUT2D eigenvalue weighted by Gasteiger charge is 2.24. The molecule has 0 heterocycles. The predicted molar refractivity (Wildman–Crippen MR) is 110 cm³/mol. The van der Waals surface area contributed by atoms with Gasteiger partial charge in [-0.2, -0.15) is 0 Å². The monoisotopic (exact) mass is 448 g/mol. The maximum absolute atomic E-state index is 12.4. The van der Waals surface area contributed by atoms with E-state index in [1.807, 2.05) is 0 Å². The van der Waals surface area contributed by atoms with Crippen LogP contribution >= 0.6 is 0 Å². The van der Waals surface area contributed by atoms with Gasteiger partial charge in [-0.1, -0.05) is 6.92 Å². The van der Waals surface area contributed by atoms with E-state index in [0.717, 1.165) is 0 Å². The second kappa shape index (κ2) is 12.4. The SMILES string of the molecule is [CH2]CC[C](OOC(=O)c1cc(OC)ccc1OC)OOC(=O)c1cc(OC)ccc1OC. The smallest absolute Gasteiger partial charge is 0.377 e. The summed E-state index contributed by atoms with van der Waals surface area (Å²) < 4.78 is 20.5. The quantitative estimate of drug-likeness (QED) is 0.352. The second-order valence-electron chi connectivity index (χ2n) is 6.02. The van der Waals surface area contributed by atoms with Gasteiger partial charge in [-0.25, -0.2) is 9.59 Å². The minimum absolute atomic E-state index is 0.0546. The lowest BCUT2D eigenvalue weighted by Crippen LogP contribution is -2.16. The molecule has 10 nitrogen and oxygen atoms in total. The highest BCUT2D eigenvalue weighted by molar-refractivity contribution is 5.93. The molecule has 32 heavy (non-hydrogen) atoms. The van der Waals surface area contributed by atoms with Crippen molar-refractivity contribution in [2.24, 2.45) is 0 Å². The van der Waals surface area contributed by atoms with Crippen molar-refractivity contribution < 1.29 is 48.1 Å². The molecule has 0 fully saturated rings. The van der Waals surface area contributed by atoms with Crippen LogP contribution in [-0.2, 0) is 19.6 Å². The third kappa shape index (κ3) is 6.50. The van der Waals surface area contributed by atoms with Gasteiger partial charge in [0.2, 0.25) is 0 Å². The van der Waals surface area contributed by atoms with Crippen LogP contribution in [0.4, 0.5) is 0 Å². The highest BCUT2D eigenvalue weighted by atomic mass is 17.3. The molecule has 0 aliphatic heterocycles. The van der Waals surface area contributed by atoms with Gasteiger partial charge in [0.1, 0.15) is 34.1 Å². The standard InChI is InChI=1S/C22H24O10/c1-6-7-20(29-31-21(23)16-12-14(25-2)8-10-18(16)27-4)30-32-22(24)17-13-15(26-3)9-11-19(17)28-5/h8-13H,1,6-7H2,2-5H3. The Balaban J connectivity index is 2.03. The van der Waals surface area contributed by atoms with Gasteiger partial charge >= 0.3 is 18.2 Å². The maximum Gasteiger partial charge on any atom is 0.377 e. The fraction of sp³-hybridized carbons (Fsp3) is 0.273. The Bertz CT molecular complexity index is 840. The van der Waals surface area contributed by atoms with Crippen molar-refractivity contribution in [3.05, 3.63) is 60.7 Å².